The minimum Gasteiger partial charge on any atom is -0.352 e. The molecule has 21 heavy (non-hydrogen) atoms. The van der Waals surface area contributed by atoms with Crippen molar-refractivity contribution in [3.05, 3.63) is 27.7 Å². The fraction of sp³-hybridized carbons (Fsp3) is 0.462. The summed E-state index contributed by atoms with van der Waals surface area (Å²) in [6.45, 7) is 0.523. The van der Waals surface area contributed by atoms with E-state index < -0.39 is 15.0 Å². The lowest BCUT2D eigenvalue weighted by Gasteiger charge is -2.25. The summed E-state index contributed by atoms with van der Waals surface area (Å²) in [6.07, 6.45) is 4.55. The monoisotopic (exact) mass is 369 g/mol. The maximum Gasteiger partial charge on any atom is 0.262 e. The third-order valence-electron chi connectivity index (χ3n) is 3.57. The average molecular weight is 371 g/mol. The molecule has 0 radical (unpaired) electrons. The Kier molecular flexibility index (Phi) is 5.41. The maximum absolute atomic E-state index is 12.1. The molecule has 2 rings (SSSR count). The summed E-state index contributed by atoms with van der Waals surface area (Å²) in [5, 5.41) is 2.60. The largest absolute Gasteiger partial charge is 0.352 e. The Morgan fingerprint density at radius 2 is 1.95 bits per heavy atom. The molecule has 1 aliphatic rings. The molecular weight excluding hydrogens is 357 g/mol. The molecule has 0 bridgehead atoms. The van der Waals surface area contributed by atoms with Crippen LogP contribution in [0.25, 0.3) is 0 Å². The van der Waals surface area contributed by atoms with E-state index in [1.54, 1.807) is 0 Å². The maximum atomic E-state index is 12.1. The molecule has 4 nitrogen and oxygen atoms in total. The molecule has 0 spiro atoms. The van der Waals surface area contributed by atoms with Gasteiger partial charge in [-0.15, -0.1) is 0 Å². The smallest absolute Gasteiger partial charge is 0.262 e. The van der Waals surface area contributed by atoms with Gasteiger partial charge in [-0.2, -0.15) is 0 Å². The molecule has 1 amide bonds. The predicted octanol–water partition coefficient (Wildman–Crippen LogP) is 3.84. The van der Waals surface area contributed by atoms with Crippen molar-refractivity contribution in [2.45, 2.75) is 30.6 Å². The first kappa shape index (κ1) is 16.9. The van der Waals surface area contributed by atoms with E-state index in [-0.39, 0.29) is 20.5 Å². The highest BCUT2D eigenvalue weighted by Crippen LogP contribution is 2.32. The van der Waals surface area contributed by atoms with Gasteiger partial charge in [0.2, 0.25) is 0 Å². The molecule has 1 aliphatic carbocycles. The number of benzene rings is 1. The quantitative estimate of drug-likeness (QED) is 0.801. The zero-order valence-electron chi connectivity index (χ0n) is 11.0. The van der Waals surface area contributed by atoms with Crippen molar-refractivity contribution in [3.8, 4) is 0 Å². The summed E-state index contributed by atoms with van der Waals surface area (Å²) >= 11 is 11.8. The second-order valence-electron chi connectivity index (χ2n) is 5.04. The van der Waals surface area contributed by atoms with E-state index in [1.807, 2.05) is 0 Å². The summed E-state index contributed by atoms with van der Waals surface area (Å²) in [6, 6.07) is 2.45. The number of amides is 1. The fourth-order valence-corrected chi connectivity index (χ4v) is 4.03. The Balaban J connectivity index is 2.14. The van der Waals surface area contributed by atoms with Crippen LogP contribution >= 0.6 is 33.9 Å². The zero-order chi connectivity index (χ0) is 15.6. The number of halogens is 3. The Bertz CT molecular complexity index is 657. The van der Waals surface area contributed by atoms with Crippen LogP contribution in [0, 0.1) is 5.92 Å². The highest BCUT2D eigenvalue weighted by atomic mass is 35.7. The van der Waals surface area contributed by atoms with Gasteiger partial charge in [-0.1, -0.05) is 42.5 Å². The second-order valence-corrected chi connectivity index (χ2v) is 8.39. The first-order valence-electron chi connectivity index (χ1n) is 6.51. The number of carbonyl (C=O) groups excluding carboxylic acids is 1. The lowest BCUT2D eigenvalue weighted by Crippen LogP contribution is -2.27. The van der Waals surface area contributed by atoms with Gasteiger partial charge in [-0.3, -0.25) is 4.79 Å². The summed E-state index contributed by atoms with van der Waals surface area (Å²) in [5.41, 5.74) is 0.0111. The first-order valence-corrected chi connectivity index (χ1v) is 9.57. The van der Waals surface area contributed by atoms with Crippen molar-refractivity contribution < 1.29 is 13.2 Å². The van der Waals surface area contributed by atoms with Gasteiger partial charge in [0.25, 0.3) is 15.0 Å². The molecule has 0 unspecified atom stereocenters. The minimum absolute atomic E-state index is 0.0111. The van der Waals surface area contributed by atoms with Crippen LogP contribution in [0.1, 0.15) is 36.0 Å². The van der Waals surface area contributed by atoms with Crippen molar-refractivity contribution in [2.75, 3.05) is 6.54 Å². The summed E-state index contributed by atoms with van der Waals surface area (Å²) in [4.78, 5) is 11.7. The van der Waals surface area contributed by atoms with Gasteiger partial charge in [-0.05, 0) is 24.5 Å². The molecule has 116 valence electrons. The Morgan fingerprint density at radius 3 is 2.48 bits per heavy atom. The molecule has 1 saturated carbocycles. The number of hydrogen-bond donors (Lipinski definition) is 1. The highest BCUT2D eigenvalue weighted by molar-refractivity contribution is 8.13. The van der Waals surface area contributed by atoms with Gasteiger partial charge in [0.15, 0.2) is 0 Å². The standard InChI is InChI=1S/C13H14Cl3NO3S/c14-9-6-10(12(15)11(7-9)21(16,19)20)13(18)17-5-4-8-2-1-3-8/h6-8H,1-5H2,(H,17,18). The fourth-order valence-electron chi connectivity index (χ4n) is 2.17. The normalized spacial score (nSPS) is 15.6. The van der Waals surface area contributed by atoms with E-state index in [0.29, 0.717) is 12.5 Å². The predicted molar refractivity (Wildman–Crippen MR) is 83.8 cm³/mol. The molecule has 8 heteroatoms. The van der Waals surface area contributed by atoms with Crippen LogP contribution in [0.3, 0.4) is 0 Å². The van der Waals surface area contributed by atoms with E-state index in [9.17, 15) is 13.2 Å². The van der Waals surface area contributed by atoms with Gasteiger partial charge >= 0.3 is 0 Å². The number of hydrogen-bond acceptors (Lipinski definition) is 3. The van der Waals surface area contributed by atoms with E-state index >= 15 is 0 Å². The van der Waals surface area contributed by atoms with Crippen LogP contribution < -0.4 is 5.32 Å². The molecule has 1 fully saturated rings. The Hall–Kier alpha value is -0.490. The molecule has 0 saturated heterocycles. The van der Waals surface area contributed by atoms with Crippen LogP contribution in [0.15, 0.2) is 17.0 Å². The molecule has 1 aromatic carbocycles. The van der Waals surface area contributed by atoms with Gasteiger partial charge < -0.3 is 5.32 Å². The van der Waals surface area contributed by atoms with Crippen LogP contribution in [-0.4, -0.2) is 20.9 Å². The molecule has 0 aliphatic heterocycles. The Morgan fingerprint density at radius 1 is 1.29 bits per heavy atom. The molecular formula is C13H14Cl3NO3S. The van der Waals surface area contributed by atoms with Crippen molar-refractivity contribution >= 4 is 48.8 Å². The van der Waals surface area contributed by atoms with E-state index in [4.69, 9.17) is 33.9 Å². The SMILES string of the molecule is O=C(NCCC1CCC1)c1cc(Cl)cc(S(=O)(=O)Cl)c1Cl. The van der Waals surface area contributed by atoms with Gasteiger partial charge in [0.05, 0.1) is 10.6 Å². The van der Waals surface area contributed by atoms with E-state index in [2.05, 4.69) is 5.32 Å². The molecule has 0 heterocycles. The lowest BCUT2D eigenvalue weighted by atomic mass is 9.83. The molecule has 1 aromatic rings. The topological polar surface area (TPSA) is 63.2 Å². The summed E-state index contributed by atoms with van der Waals surface area (Å²) in [5.74, 6) is 0.210. The minimum atomic E-state index is -4.06. The van der Waals surface area contributed by atoms with Gasteiger partial charge in [0, 0.05) is 22.2 Å². The average Bonchev–Trinajstić information content (AvgIpc) is 2.33. The van der Waals surface area contributed by atoms with Gasteiger partial charge in [0.1, 0.15) is 4.90 Å². The third kappa shape index (κ3) is 4.25. The lowest BCUT2D eigenvalue weighted by molar-refractivity contribution is 0.0949. The van der Waals surface area contributed by atoms with Crippen molar-refractivity contribution in [1.29, 1.82) is 0 Å². The van der Waals surface area contributed by atoms with E-state index in [0.717, 1.165) is 12.5 Å². The third-order valence-corrected chi connectivity index (χ3v) is 5.66. The number of rotatable bonds is 5. The van der Waals surface area contributed by atoms with Crippen LogP contribution in [0.5, 0.6) is 0 Å². The van der Waals surface area contributed by atoms with E-state index in [1.165, 1.54) is 25.3 Å². The number of carbonyl (C=O) groups is 1. The summed E-state index contributed by atoms with van der Waals surface area (Å²) < 4.78 is 22.8. The highest BCUT2D eigenvalue weighted by Gasteiger charge is 2.23. The second kappa shape index (κ2) is 6.73. The number of nitrogens with one attached hydrogen (secondary N) is 1. The van der Waals surface area contributed by atoms with Crippen molar-refractivity contribution in [3.63, 3.8) is 0 Å². The van der Waals surface area contributed by atoms with Crippen LogP contribution in [-0.2, 0) is 9.05 Å². The Labute approximate surface area is 138 Å². The molecule has 0 aromatic heterocycles. The summed E-state index contributed by atoms with van der Waals surface area (Å²) in [7, 11) is 1.22. The van der Waals surface area contributed by atoms with Crippen molar-refractivity contribution in [1.82, 2.24) is 5.32 Å². The molecule has 1 N–H and O–H groups in total. The zero-order valence-corrected chi connectivity index (χ0v) is 14.1. The van der Waals surface area contributed by atoms with Crippen LogP contribution in [0.4, 0.5) is 0 Å². The van der Waals surface area contributed by atoms with Crippen LogP contribution in [0.2, 0.25) is 10.0 Å². The first-order chi connectivity index (χ1) is 9.79. The molecule has 0 atom stereocenters. The van der Waals surface area contributed by atoms with Gasteiger partial charge in [-0.25, -0.2) is 8.42 Å². The van der Waals surface area contributed by atoms with Crippen molar-refractivity contribution in [2.24, 2.45) is 5.92 Å².